The van der Waals surface area contributed by atoms with Crippen LogP contribution in [0.1, 0.15) is 38.7 Å². The highest BCUT2D eigenvalue weighted by Crippen LogP contribution is 2.26. The predicted molar refractivity (Wildman–Crippen MR) is 77.3 cm³/mol. The van der Waals surface area contributed by atoms with Gasteiger partial charge in [0.2, 0.25) is 0 Å². The van der Waals surface area contributed by atoms with E-state index in [2.05, 4.69) is 35.1 Å². The van der Waals surface area contributed by atoms with Crippen LogP contribution in [0, 0.1) is 0 Å². The van der Waals surface area contributed by atoms with Crippen LogP contribution in [-0.2, 0) is 6.54 Å². The fraction of sp³-hybridized carbons (Fsp3) is 0.643. The minimum Gasteiger partial charge on any atom is -0.354 e. The van der Waals surface area contributed by atoms with Crippen molar-refractivity contribution in [2.45, 2.75) is 45.7 Å². The fourth-order valence-electron chi connectivity index (χ4n) is 2.43. The first kappa shape index (κ1) is 13.6. The number of aromatic nitrogens is 1. The van der Waals surface area contributed by atoms with Gasteiger partial charge in [0.05, 0.1) is 5.02 Å². The zero-order valence-corrected chi connectivity index (χ0v) is 12.0. The van der Waals surface area contributed by atoms with E-state index in [0.29, 0.717) is 6.04 Å². The van der Waals surface area contributed by atoms with Gasteiger partial charge < -0.3 is 10.2 Å². The molecule has 1 unspecified atom stereocenters. The minimum atomic E-state index is 0.593. The third-order valence-corrected chi connectivity index (χ3v) is 3.85. The Bertz CT molecular complexity index is 395. The van der Waals surface area contributed by atoms with Crippen LogP contribution in [0.3, 0.4) is 0 Å². The molecular formula is C14H22ClN3. The third-order valence-electron chi connectivity index (χ3n) is 3.51. The van der Waals surface area contributed by atoms with Gasteiger partial charge in [0.25, 0.3) is 0 Å². The molecule has 0 saturated carbocycles. The highest BCUT2D eigenvalue weighted by molar-refractivity contribution is 6.31. The average molecular weight is 268 g/mol. The molecule has 0 radical (unpaired) electrons. The van der Waals surface area contributed by atoms with Crippen molar-refractivity contribution in [3.63, 3.8) is 0 Å². The first-order valence-corrected chi connectivity index (χ1v) is 7.22. The van der Waals surface area contributed by atoms with E-state index in [1.54, 1.807) is 6.20 Å². The molecule has 0 amide bonds. The first-order chi connectivity index (χ1) is 8.72. The lowest BCUT2D eigenvalue weighted by Gasteiger charge is -2.23. The molecule has 0 aromatic carbocycles. The van der Waals surface area contributed by atoms with Gasteiger partial charge in [-0.15, -0.1) is 0 Å². The van der Waals surface area contributed by atoms with Crippen molar-refractivity contribution in [1.82, 2.24) is 10.3 Å². The van der Waals surface area contributed by atoms with E-state index in [0.717, 1.165) is 42.5 Å². The summed E-state index contributed by atoms with van der Waals surface area (Å²) in [5.74, 6) is 1.07. The molecule has 2 rings (SSSR count). The van der Waals surface area contributed by atoms with Crippen molar-refractivity contribution in [1.29, 1.82) is 0 Å². The Morgan fingerprint density at radius 2 is 2.39 bits per heavy atom. The summed E-state index contributed by atoms with van der Waals surface area (Å²) in [6.45, 7) is 7.38. The number of hydrogen-bond acceptors (Lipinski definition) is 3. The van der Waals surface area contributed by atoms with E-state index >= 15 is 0 Å². The smallest absolute Gasteiger partial charge is 0.129 e. The molecule has 1 aliphatic rings. The maximum atomic E-state index is 6.20. The lowest BCUT2D eigenvalue weighted by molar-refractivity contribution is 0.673. The second-order valence-electron chi connectivity index (χ2n) is 5.00. The van der Waals surface area contributed by atoms with Crippen LogP contribution in [-0.4, -0.2) is 24.1 Å². The summed E-state index contributed by atoms with van der Waals surface area (Å²) in [6, 6.07) is 2.72. The van der Waals surface area contributed by atoms with Crippen LogP contribution in [0.25, 0.3) is 0 Å². The number of rotatable bonds is 5. The van der Waals surface area contributed by atoms with E-state index in [-0.39, 0.29) is 0 Å². The van der Waals surface area contributed by atoms with Crippen molar-refractivity contribution in [3.8, 4) is 0 Å². The molecule has 1 saturated heterocycles. The molecule has 4 heteroatoms. The monoisotopic (exact) mass is 267 g/mol. The fourth-order valence-corrected chi connectivity index (χ4v) is 2.60. The van der Waals surface area contributed by atoms with Crippen LogP contribution in [0.5, 0.6) is 0 Å². The second kappa shape index (κ2) is 6.39. The summed E-state index contributed by atoms with van der Waals surface area (Å²) in [7, 11) is 0. The molecule has 1 aromatic heterocycles. The Morgan fingerprint density at radius 1 is 1.56 bits per heavy atom. The van der Waals surface area contributed by atoms with Crippen LogP contribution < -0.4 is 10.2 Å². The van der Waals surface area contributed by atoms with Gasteiger partial charge in [0.1, 0.15) is 5.82 Å². The average Bonchev–Trinajstić information content (AvgIpc) is 2.78. The molecule has 1 atom stereocenters. The molecule has 18 heavy (non-hydrogen) atoms. The highest BCUT2D eigenvalue weighted by Gasteiger charge is 2.21. The maximum absolute atomic E-state index is 6.20. The number of anilines is 1. The molecule has 1 fully saturated rings. The maximum Gasteiger partial charge on any atom is 0.129 e. The Hall–Kier alpha value is -0.800. The van der Waals surface area contributed by atoms with Gasteiger partial charge in [-0.05, 0) is 44.4 Å². The Balaban J connectivity index is 2.10. The number of pyridine rings is 1. The summed E-state index contributed by atoms with van der Waals surface area (Å²) in [5.41, 5.74) is 1.15. The van der Waals surface area contributed by atoms with Gasteiger partial charge in [-0.3, -0.25) is 0 Å². The van der Waals surface area contributed by atoms with Gasteiger partial charge in [0, 0.05) is 25.3 Å². The van der Waals surface area contributed by atoms with Gasteiger partial charge in [-0.2, -0.15) is 0 Å². The van der Waals surface area contributed by atoms with Crippen LogP contribution in [0.15, 0.2) is 12.3 Å². The summed E-state index contributed by atoms with van der Waals surface area (Å²) in [6.07, 6.45) is 5.44. The molecule has 3 nitrogen and oxygen atoms in total. The van der Waals surface area contributed by atoms with Crippen molar-refractivity contribution in [2.24, 2.45) is 0 Å². The molecule has 2 heterocycles. The molecule has 100 valence electrons. The standard InChI is InChI=1S/C14H22ClN3/c1-3-6-16-9-12-8-14(17-10-13(12)15)18-7-4-5-11(18)2/h8,10-11,16H,3-7,9H2,1-2H3. The van der Waals surface area contributed by atoms with Gasteiger partial charge in [-0.25, -0.2) is 4.98 Å². The number of hydrogen-bond donors (Lipinski definition) is 1. The molecule has 0 aliphatic carbocycles. The largest absolute Gasteiger partial charge is 0.354 e. The quantitative estimate of drug-likeness (QED) is 0.831. The summed E-state index contributed by atoms with van der Waals surface area (Å²) >= 11 is 6.20. The molecule has 1 aliphatic heterocycles. The second-order valence-corrected chi connectivity index (χ2v) is 5.40. The van der Waals surface area contributed by atoms with Crippen molar-refractivity contribution < 1.29 is 0 Å². The van der Waals surface area contributed by atoms with E-state index in [4.69, 9.17) is 11.6 Å². The molecule has 1 aromatic rings. The number of nitrogens with zero attached hydrogens (tertiary/aromatic N) is 2. The molecule has 0 bridgehead atoms. The van der Waals surface area contributed by atoms with Crippen molar-refractivity contribution >= 4 is 17.4 Å². The number of halogens is 1. The normalized spacial score (nSPS) is 19.5. The summed E-state index contributed by atoms with van der Waals surface area (Å²) in [5, 5.41) is 4.15. The van der Waals surface area contributed by atoms with E-state index in [1.807, 2.05) is 0 Å². The van der Waals surface area contributed by atoms with Crippen LogP contribution in [0.4, 0.5) is 5.82 Å². The Kier molecular flexibility index (Phi) is 4.84. The zero-order chi connectivity index (χ0) is 13.0. The van der Waals surface area contributed by atoms with Gasteiger partial charge >= 0.3 is 0 Å². The summed E-state index contributed by atoms with van der Waals surface area (Å²) in [4.78, 5) is 6.84. The molecule has 1 N–H and O–H groups in total. The van der Waals surface area contributed by atoms with Crippen molar-refractivity contribution in [2.75, 3.05) is 18.0 Å². The Labute approximate surface area is 115 Å². The lowest BCUT2D eigenvalue weighted by atomic mass is 10.2. The van der Waals surface area contributed by atoms with Gasteiger partial charge in [0.15, 0.2) is 0 Å². The zero-order valence-electron chi connectivity index (χ0n) is 11.2. The van der Waals surface area contributed by atoms with Crippen molar-refractivity contribution in [3.05, 3.63) is 22.8 Å². The third kappa shape index (κ3) is 3.15. The topological polar surface area (TPSA) is 28.2 Å². The summed E-state index contributed by atoms with van der Waals surface area (Å²) < 4.78 is 0. The molecular weight excluding hydrogens is 246 g/mol. The van der Waals surface area contributed by atoms with E-state index in [1.165, 1.54) is 12.8 Å². The van der Waals surface area contributed by atoms with Crippen LogP contribution >= 0.6 is 11.6 Å². The van der Waals surface area contributed by atoms with Gasteiger partial charge in [-0.1, -0.05) is 18.5 Å². The SMILES string of the molecule is CCCNCc1cc(N2CCCC2C)ncc1Cl. The number of nitrogens with one attached hydrogen (secondary N) is 1. The minimum absolute atomic E-state index is 0.593. The highest BCUT2D eigenvalue weighted by atomic mass is 35.5. The van der Waals surface area contributed by atoms with Crippen LogP contribution in [0.2, 0.25) is 5.02 Å². The van der Waals surface area contributed by atoms with E-state index < -0.39 is 0 Å². The lowest BCUT2D eigenvalue weighted by Crippen LogP contribution is -2.27. The predicted octanol–water partition coefficient (Wildman–Crippen LogP) is 3.22. The van der Waals surface area contributed by atoms with E-state index in [9.17, 15) is 0 Å². The first-order valence-electron chi connectivity index (χ1n) is 6.84. The Morgan fingerprint density at radius 3 is 3.06 bits per heavy atom. The molecule has 0 spiro atoms.